The summed E-state index contributed by atoms with van der Waals surface area (Å²) in [7, 11) is 0. The van der Waals surface area contributed by atoms with Crippen LogP contribution in [0.2, 0.25) is 5.02 Å². The van der Waals surface area contributed by atoms with Crippen molar-refractivity contribution in [3.63, 3.8) is 0 Å². The molecule has 2 heterocycles. The van der Waals surface area contributed by atoms with Gasteiger partial charge in [-0.15, -0.1) is 0 Å². The van der Waals surface area contributed by atoms with Crippen molar-refractivity contribution in [2.75, 3.05) is 13.1 Å². The molecule has 3 rings (SSSR count). The van der Waals surface area contributed by atoms with E-state index < -0.39 is 0 Å². The Kier molecular flexibility index (Phi) is 6.48. The van der Waals surface area contributed by atoms with Crippen LogP contribution in [0.5, 0.6) is 0 Å². The monoisotopic (exact) mass is 398 g/mol. The lowest BCUT2D eigenvalue weighted by atomic mass is 10.1. The highest BCUT2D eigenvalue weighted by Crippen LogP contribution is 2.29. The van der Waals surface area contributed by atoms with Crippen molar-refractivity contribution in [1.82, 2.24) is 14.7 Å². The van der Waals surface area contributed by atoms with Crippen LogP contribution in [0.4, 0.5) is 0 Å². The smallest absolute Gasteiger partial charge is 0.272 e. The summed E-state index contributed by atoms with van der Waals surface area (Å²) in [5.74, 6) is -0.277. The fourth-order valence-electron chi connectivity index (χ4n) is 3.45. The van der Waals surface area contributed by atoms with E-state index in [0.29, 0.717) is 17.3 Å². The predicted octanol–water partition coefficient (Wildman–Crippen LogP) is 4.26. The number of carbonyl (C=O) groups is 2. The summed E-state index contributed by atoms with van der Waals surface area (Å²) in [5.41, 5.74) is 2.12. The van der Waals surface area contributed by atoms with Gasteiger partial charge in [-0.2, -0.15) is 10.4 Å². The van der Waals surface area contributed by atoms with Crippen molar-refractivity contribution in [1.29, 1.82) is 5.26 Å². The van der Waals surface area contributed by atoms with E-state index >= 15 is 0 Å². The first kappa shape index (κ1) is 20.1. The standard InChI is InChI=1S/C21H23ClN4O2/c1-2-3-5-17-13-25(14-18(27)6-4-11-23)21(28)20-12-19(24-26(17)20)15-7-9-16(22)10-8-15/h7-10,12,17H,2-6,13-14H2,1H3. The van der Waals surface area contributed by atoms with E-state index in [9.17, 15) is 9.59 Å². The lowest BCUT2D eigenvalue weighted by Gasteiger charge is -2.33. The minimum atomic E-state index is -0.189. The van der Waals surface area contributed by atoms with Crippen LogP contribution in [0, 0.1) is 11.3 Å². The molecule has 146 valence electrons. The summed E-state index contributed by atoms with van der Waals surface area (Å²) in [6.07, 6.45) is 3.31. The van der Waals surface area contributed by atoms with Gasteiger partial charge in [0.2, 0.25) is 0 Å². The molecule has 0 N–H and O–H groups in total. The molecule has 1 aromatic carbocycles. The summed E-state index contributed by atoms with van der Waals surface area (Å²) >= 11 is 5.97. The number of hydrogen-bond acceptors (Lipinski definition) is 4. The zero-order valence-corrected chi connectivity index (χ0v) is 16.7. The van der Waals surface area contributed by atoms with E-state index in [1.807, 2.05) is 22.9 Å². The fourth-order valence-corrected chi connectivity index (χ4v) is 3.57. The molecular formula is C21H23ClN4O2. The molecule has 0 saturated heterocycles. The predicted molar refractivity (Wildman–Crippen MR) is 107 cm³/mol. The largest absolute Gasteiger partial charge is 0.328 e. The van der Waals surface area contributed by atoms with Gasteiger partial charge in [-0.3, -0.25) is 14.3 Å². The molecule has 7 heteroatoms. The third kappa shape index (κ3) is 4.42. The Bertz CT molecular complexity index is 898. The van der Waals surface area contributed by atoms with Crippen LogP contribution in [-0.2, 0) is 4.79 Å². The van der Waals surface area contributed by atoms with Gasteiger partial charge in [0.25, 0.3) is 5.91 Å². The molecule has 6 nitrogen and oxygen atoms in total. The molecule has 28 heavy (non-hydrogen) atoms. The van der Waals surface area contributed by atoms with Crippen molar-refractivity contribution in [2.24, 2.45) is 0 Å². The maximum atomic E-state index is 13.0. The number of nitriles is 1. The van der Waals surface area contributed by atoms with E-state index in [4.69, 9.17) is 22.0 Å². The van der Waals surface area contributed by atoms with Crippen LogP contribution >= 0.6 is 11.6 Å². The number of fused-ring (bicyclic) bond motifs is 1. The number of aromatic nitrogens is 2. The summed E-state index contributed by atoms with van der Waals surface area (Å²) in [6, 6.07) is 11.2. The second-order valence-electron chi connectivity index (χ2n) is 7.04. The van der Waals surface area contributed by atoms with Crippen molar-refractivity contribution < 1.29 is 9.59 Å². The Morgan fingerprint density at radius 1 is 1.36 bits per heavy atom. The molecule has 1 aliphatic heterocycles. The molecule has 1 atom stereocenters. The summed E-state index contributed by atoms with van der Waals surface area (Å²) in [6.45, 7) is 2.64. The Labute approximate surface area is 169 Å². The van der Waals surface area contributed by atoms with Crippen molar-refractivity contribution in [2.45, 2.75) is 45.1 Å². The van der Waals surface area contributed by atoms with Gasteiger partial charge in [0.15, 0.2) is 5.78 Å². The van der Waals surface area contributed by atoms with E-state index in [0.717, 1.165) is 30.5 Å². The second-order valence-corrected chi connectivity index (χ2v) is 7.48. The van der Waals surface area contributed by atoms with E-state index in [1.54, 1.807) is 23.1 Å². The zero-order valence-electron chi connectivity index (χ0n) is 15.9. The lowest BCUT2D eigenvalue weighted by Crippen LogP contribution is -2.45. The first-order valence-electron chi connectivity index (χ1n) is 9.57. The zero-order chi connectivity index (χ0) is 20.1. The number of unbranched alkanes of at least 4 members (excludes halogenated alkanes) is 1. The molecule has 0 radical (unpaired) electrons. The number of halogens is 1. The van der Waals surface area contributed by atoms with Crippen molar-refractivity contribution >= 4 is 23.3 Å². The van der Waals surface area contributed by atoms with Crippen LogP contribution in [0.1, 0.15) is 55.6 Å². The molecule has 0 saturated carbocycles. The molecule has 0 spiro atoms. The van der Waals surface area contributed by atoms with Crippen molar-refractivity contribution in [3.05, 3.63) is 41.0 Å². The van der Waals surface area contributed by atoms with Gasteiger partial charge >= 0.3 is 0 Å². The first-order valence-corrected chi connectivity index (χ1v) is 9.94. The number of ketones is 1. The van der Waals surface area contributed by atoms with Crippen LogP contribution in [0.15, 0.2) is 30.3 Å². The van der Waals surface area contributed by atoms with E-state index in [-0.39, 0.29) is 37.1 Å². The van der Waals surface area contributed by atoms with Crippen molar-refractivity contribution in [3.8, 4) is 17.3 Å². The van der Waals surface area contributed by atoms with Gasteiger partial charge < -0.3 is 4.90 Å². The SMILES string of the molecule is CCCCC1CN(CC(=O)CCC#N)C(=O)c2cc(-c3ccc(Cl)cc3)nn21. The normalized spacial score (nSPS) is 16.0. The van der Waals surface area contributed by atoms with E-state index in [1.165, 1.54) is 0 Å². The van der Waals surface area contributed by atoms with Crippen LogP contribution in [0.25, 0.3) is 11.3 Å². The Balaban J connectivity index is 1.89. The van der Waals surface area contributed by atoms with Gasteiger partial charge in [0.1, 0.15) is 5.69 Å². The minimum Gasteiger partial charge on any atom is -0.328 e. The molecule has 0 aliphatic carbocycles. The van der Waals surface area contributed by atoms with Crippen LogP contribution < -0.4 is 0 Å². The molecule has 1 aromatic heterocycles. The number of carbonyl (C=O) groups excluding carboxylic acids is 2. The lowest BCUT2D eigenvalue weighted by molar-refractivity contribution is -0.119. The number of hydrogen-bond donors (Lipinski definition) is 0. The average molecular weight is 399 g/mol. The van der Waals surface area contributed by atoms with Gasteiger partial charge in [0.05, 0.1) is 24.3 Å². The molecular weight excluding hydrogens is 376 g/mol. The van der Waals surface area contributed by atoms with Crippen LogP contribution in [0.3, 0.4) is 0 Å². The Morgan fingerprint density at radius 3 is 2.79 bits per heavy atom. The fraction of sp³-hybridized carbons (Fsp3) is 0.429. The molecule has 2 aromatic rings. The summed E-state index contributed by atoms with van der Waals surface area (Å²) < 4.78 is 1.82. The quantitative estimate of drug-likeness (QED) is 0.665. The molecule has 0 bridgehead atoms. The maximum Gasteiger partial charge on any atom is 0.272 e. The van der Waals surface area contributed by atoms with Gasteiger partial charge in [-0.1, -0.05) is 43.5 Å². The Morgan fingerprint density at radius 2 is 2.11 bits per heavy atom. The molecule has 1 amide bonds. The second kappa shape index (κ2) is 9.03. The number of Topliss-reactive ketones (excluding diaryl/α,β-unsaturated/α-hetero) is 1. The topological polar surface area (TPSA) is 79.0 Å². The third-order valence-corrected chi connectivity index (χ3v) is 5.18. The average Bonchev–Trinajstić information content (AvgIpc) is 3.14. The minimum absolute atomic E-state index is 0.0393. The van der Waals surface area contributed by atoms with E-state index in [2.05, 4.69) is 6.92 Å². The maximum absolute atomic E-state index is 13.0. The summed E-state index contributed by atoms with van der Waals surface area (Å²) in [4.78, 5) is 26.7. The number of rotatable bonds is 8. The third-order valence-electron chi connectivity index (χ3n) is 4.93. The van der Waals surface area contributed by atoms with Gasteiger partial charge in [0, 0.05) is 30.0 Å². The summed E-state index contributed by atoms with van der Waals surface area (Å²) in [5, 5.41) is 14.0. The molecule has 0 fully saturated rings. The molecule has 1 aliphatic rings. The number of amides is 1. The number of nitrogens with zero attached hydrogens (tertiary/aromatic N) is 4. The highest BCUT2D eigenvalue weighted by atomic mass is 35.5. The van der Waals surface area contributed by atoms with Gasteiger partial charge in [-0.25, -0.2) is 0 Å². The Hall–Kier alpha value is -2.65. The van der Waals surface area contributed by atoms with Crippen LogP contribution in [-0.4, -0.2) is 39.5 Å². The number of benzene rings is 1. The highest BCUT2D eigenvalue weighted by Gasteiger charge is 2.33. The van der Waals surface area contributed by atoms with Gasteiger partial charge in [-0.05, 0) is 24.6 Å². The molecule has 1 unspecified atom stereocenters. The highest BCUT2D eigenvalue weighted by molar-refractivity contribution is 6.30. The first-order chi connectivity index (χ1) is 13.5.